The van der Waals surface area contributed by atoms with E-state index in [1.54, 1.807) is 49.6 Å². The maximum Gasteiger partial charge on any atom is 0.340 e. The summed E-state index contributed by atoms with van der Waals surface area (Å²) in [7, 11) is 1.93. The lowest BCUT2D eigenvalue weighted by Gasteiger charge is -2.18. The minimum Gasteiger partial charge on any atom is -0.490 e. The summed E-state index contributed by atoms with van der Waals surface area (Å²) in [5.74, 6) is 0.875. The molecule has 2 aromatic heterocycles. The molecule has 30 heavy (non-hydrogen) atoms. The molecule has 0 bridgehead atoms. The van der Waals surface area contributed by atoms with Gasteiger partial charge in [0.15, 0.2) is 0 Å². The van der Waals surface area contributed by atoms with Crippen LogP contribution in [0.25, 0.3) is 11.3 Å². The van der Waals surface area contributed by atoms with Gasteiger partial charge in [-0.15, -0.1) is 0 Å². The van der Waals surface area contributed by atoms with Gasteiger partial charge >= 0.3 is 5.97 Å². The van der Waals surface area contributed by atoms with E-state index in [0.717, 1.165) is 5.82 Å². The van der Waals surface area contributed by atoms with E-state index in [9.17, 15) is 10.1 Å². The first-order valence-corrected chi connectivity index (χ1v) is 9.55. The van der Waals surface area contributed by atoms with Gasteiger partial charge in [0.2, 0.25) is 0 Å². The molecule has 2 heterocycles. The second-order valence-corrected chi connectivity index (χ2v) is 6.40. The van der Waals surface area contributed by atoms with Gasteiger partial charge in [-0.3, -0.25) is 4.98 Å². The number of nitrogens with zero attached hydrogens (tertiary/aromatic N) is 4. The van der Waals surface area contributed by atoms with Gasteiger partial charge in [-0.2, -0.15) is 5.26 Å². The Labute approximate surface area is 175 Å². The van der Waals surface area contributed by atoms with Crippen LogP contribution in [-0.4, -0.2) is 42.7 Å². The second-order valence-electron chi connectivity index (χ2n) is 6.40. The summed E-state index contributed by atoms with van der Waals surface area (Å²) in [5.41, 5.74) is 1.84. The topological polar surface area (TPSA) is 88.3 Å². The normalized spacial score (nSPS) is 10.2. The van der Waals surface area contributed by atoms with Crippen molar-refractivity contribution in [1.29, 1.82) is 5.26 Å². The Morgan fingerprint density at radius 1 is 1.13 bits per heavy atom. The first-order valence-electron chi connectivity index (χ1n) is 9.55. The summed E-state index contributed by atoms with van der Waals surface area (Å²) >= 11 is 0. The first kappa shape index (κ1) is 20.8. The number of esters is 1. The lowest BCUT2D eigenvalue weighted by Crippen LogP contribution is -2.24. The summed E-state index contributed by atoms with van der Waals surface area (Å²) in [6.45, 7) is 3.02. The van der Waals surface area contributed by atoms with Crippen LogP contribution < -0.4 is 9.64 Å². The van der Waals surface area contributed by atoms with Crippen molar-refractivity contribution in [2.24, 2.45) is 0 Å². The zero-order chi connectivity index (χ0) is 21.3. The molecule has 0 atom stereocenters. The molecule has 0 spiro atoms. The van der Waals surface area contributed by atoms with Crippen LogP contribution in [0.1, 0.15) is 22.8 Å². The zero-order valence-electron chi connectivity index (χ0n) is 16.9. The Kier molecular flexibility index (Phi) is 6.95. The molecule has 0 saturated heterocycles. The highest BCUT2D eigenvalue weighted by Crippen LogP contribution is 2.28. The fraction of sp³-hybridized carbons (Fsp3) is 0.217. The number of anilines is 1. The molecule has 0 aliphatic carbocycles. The highest BCUT2D eigenvalue weighted by atomic mass is 16.5. The predicted octanol–water partition coefficient (Wildman–Crippen LogP) is 3.71. The molecule has 7 heteroatoms. The van der Waals surface area contributed by atoms with Gasteiger partial charge in [0.05, 0.1) is 30.0 Å². The summed E-state index contributed by atoms with van der Waals surface area (Å²) in [5, 5.41) is 9.58. The minimum atomic E-state index is -0.447. The average molecular weight is 402 g/mol. The Hall–Kier alpha value is -3.92. The molecule has 0 fully saturated rings. The van der Waals surface area contributed by atoms with Crippen LogP contribution in [0.3, 0.4) is 0 Å². The predicted molar refractivity (Wildman–Crippen MR) is 113 cm³/mol. The molecule has 0 aliphatic heterocycles. The Morgan fingerprint density at radius 3 is 2.70 bits per heavy atom. The molecule has 0 unspecified atom stereocenters. The molecule has 3 rings (SSSR count). The van der Waals surface area contributed by atoms with E-state index in [1.807, 2.05) is 30.1 Å². The number of ether oxygens (including phenoxy) is 2. The van der Waals surface area contributed by atoms with Gasteiger partial charge in [-0.05, 0) is 49.4 Å². The third kappa shape index (κ3) is 4.92. The smallest absolute Gasteiger partial charge is 0.340 e. The third-order valence-corrected chi connectivity index (χ3v) is 4.40. The lowest BCUT2D eigenvalue weighted by atomic mass is 10.0. The van der Waals surface area contributed by atoms with E-state index in [0.29, 0.717) is 41.3 Å². The van der Waals surface area contributed by atoms with E-state index in [1.165, 1.54) is 0 Å². The van der Waals surface area contributed by atoms with Gasteiger partial charge in [-0.25, -0.2) is 9.78 Å². The van der Waals surface area contributed by atoms with Crippen molar-refractivity contribution >= 4 is 11.8 Å². The number of nitriles is 1. The number of rotatable bonds is 8. The van der Waals surface area contributed by atoms with Gasteiger partial charge in [0, 0.05) is 25.0 Å². The summed E-state index contributed by atoms with van der Waals surface area (Å²) in [4.78, 5) is 22.8. The Bertz CT molecular complexity index is 1050. The van der Waals surface area contributed by atoms with Gasteiger partial charge in [0.1, 0.15) is 24.2 Å². The van der Waals surface area contributed by atoms with Gasteiger partial charge < -0.3 is 14.4 Å². The van der Waals surface area contributed by atoms with Crippen molar-refractivity contribution < 1.29 is 14.3 Å². The van der Waals surface area contributed by atoms with Gasteiger partial charge in [0.25, 0.3) is 0 Å². The molecule has 7 nitrogen and oxygen atoms in total. The molecule has 152 valence electrons. The van der Waals surface area contributed by atoms with Crippen LogP contribution in [0.5, 0.6) is 5.75 Å². The van der Waals surface area contributed by atoms with Crippen molar-refractivity contribution in [2.45, 2.75) is 6.92 Å². The molecule has 0 aliphatic rings. The van der Waals surface area contributed by atoms with E-state index < -0.39 is 5.97 Å². The molecule has 0 radical (unpaired) electrons. The van der Waals surface area contributed by atoms with Crippen LogP contribution in [0.4, 0.5) is 5.82 Å². The first-order chi connectivity index (χ1) is 14.6. The monoisotopic (exact) mass is 402 g/mol. The second kappa shape index (κ2) is 10.0. The largest absolute Gasteiger partial charge is 0.490 e. The molecule has 0 N–H and O–H groups in total. The van der Waals surface area contributed by atoms with Crippen molar-refractivity contribution in [3.8, 4) is 23.1 Å². The van der Waals surface area contributed by atoms with Crippen LogP contribution in [0, 0.1) is 11.3 Å². The van der Waals surface area contributed by atoms with Crippen molar-refractivity contribution in [2.75, 3.05) is 31.7 Å². The van der Waals surface area contributed by atoms with E-state index in [4.69, 9.17) is 9.47 Å². The van der Waals surface area contributed by atoms with Gasteiger partial charge in [-0.1, -0.05) is 6.07 Å². The fourth-order valence-corrected chi connectivity index (χ4v) is 2.89. The summed E-state index contributed by atoms with van der Waals surface area (Å²) in [6.07, 6.45) is 3.34. The number of likely N-dealkylation sites (N-methyl/N-ethyl adjacent to an activating group) is 1. The Morgan fingerprint density at radius 2 is 1.97 bits per heavy atom. The number of aromatic nitrogens is 2. The van der Waals surface area contributed by atoms with Crippen LogP contribution in [0.15, 0.2) is 60.9 Å². The maximum absolute atomic E-state index is 12.2. The minimum absolute atomic E-state index is 0.274. The fourth-order valence-electron chi connectivity index (χ4n) is 2.89. The van der Waals surface area contributed by atoms with E-state index in [-0.39, 0.29) is 6.61 Å². The molecular formula is C23H22N4O3. The van der Waals surface area contributed by atoms with Crippen LogP contribution in [0.2, 0.25) is 0 Å². The highest BCUT2D eigenvalue weighted by molar-refractivity contribution is 5.96. The SMILES string of the molecule is CCOC(=O)c1cccnc1-c1ccc(OCCN(C)c2ccccn2)c(C#N)c1. The number of benzene rings is 1. The molecule has 0 saturated carbocycles. The average Bonchev–Trinajstić information content (AvgIpc) is 2.80. The lowest BCUT2D eigenvalue weighted by molar-refractivity contribution is 0.0527. The van der Waals surface area contributed by atoms with Crippen molar-refractivity contribution in [1.82, 2.24) is 9.97 Å². The van der Waals surface area contributed by atoms with Crippen LogP contribution in [-0.2, 0) is 4.74 Å². The molecule has 0 amide bonds. The highest BCUT2D eigenvalue weighted by Gasteiger charge is 2.16. The third-order valence-electron chi connectivity index (χ3n) is 4.40. The van der Waals surface area contributed by atoms with E-state index in [2.05, 4.69) is 16.0 Å². The zero-order valence-corrected chi connectivity index (χ0v) is 16.9. The number of carbonyl (C=O) groups is 1. The standard InChI is InChI=1S/C23H22N4O3/c1-3-29-23(28)19-7-6-12-26-22(19)17-9-10-20(18(15-17)16-24)30-14-13-27(2)21-8-4-5-11-25-21/h4-12,15H,3,13-14H2,1-2H3. The molecule has 1 aromatic carbocycles. The number of hydrogen-bond donors (Lipinski definition) is 0. The summed E-state index contributed by atoms with van der Waals surface area (Å²) in [6, 6.07) is 16.4. The maximum atomic E-state index is 12.2. The number of hydrogen-bond acceptors (Lipinski definition) is 7. The quantitative estimate of drug-likeness (QED) is 0.531. The number of pyridine rings is 2. The number of carbonyl (C=O) groups excluding carboxylic acids is 1. The van der Waals surface area contributed by atoms with Crippen molar-refractivity contribution in [3.05, 3.63) is 72.1 Å². The summed E-state index contributed by atoms with van der Waals surface area (Å²) < 4.78 is 10.9. The van der Waals surface area contributed by atoms with Crippen molar-refractivity contribution in [3.63, 3.8) is 0 Å². The molecule has 3 aromatic rings. The van der Waals surface area contributed by atoms with Crippen LogP contribution >= 0.6 is 0 Å². The van der Waals surface area contributed by atoms with E-state index >= 15 is 0 Å². The molecular weight excluding hydrogens is 380 g/mol. The Balaban J connectivity index is 1.75.